The average Bonchev–Trinajstić information content (AvgIpc) is 3.37. The van der Waals surface area contributed by atoms with Crippen molar-refractivity contribution in [1.82, 2.24) is 24.6 Å². The molecule has 1 fully saturated rings. The third kappa shape index (κ3) is 3.57. The summed E-state index contributed by atoms with van der Waals surface area (Å²) in [6.07, 6.45) is 5.43. The van der Waals surface area contributed by atoms with Gasteiger partial charge in [0.15, 0.2) is 11.1 Å². The lowest BCUT2D eigenvalue weighted by Gasteiger charge is -2.15. The number of anilines is 1. The Morgan fingerprint density at radius 3 is 2.80 bits per heavy atom. The van der Waals surface area contributed by atoms with E-state index < -0.39 is 5.69 Å². The Morgan fingerprint density at radius 1 is 1.30 bits per heavy atom. The lowest BCUT2D eigenvalue weighted by molar-refractivity contribution is 0.454. The van der Waals surface area contributed by atoms with Crippen molar-refractivity contribution in [3.63, 3.8) is 0 Å². The fourth-order valence-electron chi connectivity index (χ4n) is 3.32. The van der Waals surface area contributed by atoms with Crippen LogP contribution in [-0.4, -0.2) is 35.7 Å². The highest BCUT2D eigenvalue weighted by Gasteiger charge is 2.20. The van der Waals surface area contributed by atoms with E-state index in [4.69, 9.17) is 9.98 Å². The van der Waals surface area contributed by atoms with Crippen molar-refractivity contribution in [3.05, 3.63) is 75.0 Å². The summed E-state index contributed by atoms with van der Waals surface area (Å²) in [5.74, 6) is 0.453. The SMILES string of the molecule is C[C@H](Nc1cc(=NC2CC2)n2ncc(=Cc3[nH]c(=O)[nH]c3O)c2n1)c1ccccc1. The zero-order valence-electron chi connectivity index (χ0n) is 16.3. The Morgan fingerprint density at radius 2 is 2.10 bits per heavy atom. The largest absolute Gasteiger partial charge is 0.493 e. The fraction of sp³-hybridized carbons (Fsp3) is 0.238. The molecule has 1 aromatic carbocycles. The second-order valence-corrected chi connectivity index (χ2v) is 7.46. The number of H-pyrrole nitrogens is 2. The van der Waals surface area contributed by atoms with Crippen LogP contribution in [0, 0.1) is 0 Å². The summed E-state index contributed by atoms with van der Waals surface area (Å²) in [6, 6.07) is 12.4. The third-order valence-electron chi connectivity index (χ3n) is 5.04. The van der Waals surface area contributed by atoms with Crippen LogP contribution in [0.5, 0.6) is 5.88 Å². The Bertz CT molecular complexity index is 1380. The second kappa shape index (κ2) is 7.18. The van der Waals surface area contributed by atoms with Crippen LogP contribution >= 0.6 is 0 Å². The lowest BCUT2D eigenvalue weighted by atomic mass is 10.1. The molecular weight excluding hydrogens is 382 g/mol. The van der Waals surface area contributed by atoms with Gasteiger partial charge in [-0.05, 0) is 31.4 Å². The van der Waals surface area contributed by atoms with Gasteiger partial charge in [-0.2, -0.15) is 9.61 Å². The maximum atomic E-state index is 11.4. The molecule has 30 heavy (non-hydrogen) atoms. The number of rotatable bonds is 5. The summed E-state index contributed by atoms with van der Waals surface area (Å²) in [7, 11) is 0. The number of hydrogen-bond donors (Lipinski definition) is 4. The number of imidazole rings is 1. The average molecular weight is 403 g/mol. The number of aromatic hydroxyl groups is 1. The highest BCUT2D eigenvalue weighted by atomic mass is 16.3. The molecule has 0 spiro atoms. The van der Waals surface area contributed by atoms with Crippen LogP contribution in [0.1, 0.15) is 37.1 Å². The van der Waals surface area contributed by atoms with Crippen LogP contribution in [0.2, 0.25) is 0 Å². The molecule has 152 valence electrons. The van der Waals surface area contributed by atoms with E-state index in [2.05, 4.69) is 39.4 Å². The van der Waals surface area contributed by atoms with Gasteiger partial charge < -0.3 is 15.4 Å². The number of nitrogens with one attached hydrogen (secondary N) is 3. The van der Waals surface area contributed by atoms with Crippen LogP contribution in [0.25, 0.3) is 11.7 Å². The predicted molar refractivity (Wildman–Crippen MR) is 112 cm³/mol. The minimum Gasteiger partial charge on any atom is -0.493 e. The van der Waals surface area contributed by atoms with E-state index in [0.29, 0.717) is 22.7 Å². The van der Waals surface area contributed by atoms with Crippen molar-refractivity contribution in [3.8, 4) is 5.88 Å². The highest BCUT2D eigenvalue weighted by Crippen LogP contribution is 2.23. The standard InChI is InChI=1S/C21H21N7O2/c1-12(13-5-3-2-4-6-13)23-17-10-18(24-15-7-8-15)28-19(26-17)14(11-22-28)9-16-20(29)27-21(30)25-16/h2-6,9-12,15,23,29H,7-8H2,1H3,(H2,25,27,30)/t12-/m0/s1. The first-order chi connectivity index (χ1) is 14.6. The molecule has 4 aromatic rings. The van der Waals surface area contributed by atoms with E-state index in [1.807, 2.05) is 24.3 Å². The predicted octanol–water partition coefficient (Wildman–Crippen LogP) is 1.24. The van der Waals surface area contributed by atoms with Gasteiger partial charge in [0, 0.05) is 17.3 Å². The topological polar surface area (TPSA) is 123 Å². The molecule has 1 aliphatic carbocycles. The van der Waals surface area contributed by atoms with Gasteiger partial charge >= 0.3 is 5.69 Å². The fourth-order valence-corrected chi connectivity index (χ4v) is 3.32. The monoisotopic (exact) mass is 403 g/mol. The first-order valence-corrected chi connectivity index (χ1v) is 9.84. The molecule has 1 saturated carbocycles. The number of fused-ring (bicyclic) bond motifs is 1. The van der Waals surface area contributed by atoms with Crippen LogP contribution in [0.15, 0.2) is 52.4 Å². The molecule has 5 rings (SSSR count). The maximum Gasteiger partial charge on any atom is 0.326 e. The first kappa shape index (κ1) is 18.2. The lowest BCUT2D eigenvalue weighted by Crippen LogP contribution is -2.21. The van der Waals surface area contributed by atoms with Crippen molar-refractivity contribution >= 4 is 17.5 Å². The molecule has 0 bridgehead atoms. The van der Waals surface area contributed by atoms with Gasteiger partial charge in [0.1, 0.15) is 11.5 Å². The van der Waals surface area contributed by atoms with E-state index >= 15 is 0 Å². The number of aromatic nitrogens is 5. The molecule has 3 heterocycles. The first-order valence-electron chi connectivity index (χ1n) is 9.84. The summed E-state index contributed by atoms with van der Waals surface area (Å²) in [4.78, 5) is 25.8. The van der Waals surface area contributed by atoms with Gasteiger partial charge in [0.25, 0.3) is 0 Å². The molecule has 0 aliphatic heterocycles. The minimum absolute atomic E-state index is 0.0512. The number of hydrogen-bond acceptors (Lipinski definition) is 6. The molecule has 0 unspecified atom stereocenters. The molecule has 4 N–H and O–H groups in total. The van der Waals surface area contributed by atoms with Gasteiger partial charge in [-0.15, -0.1) is 0 Å². The summed E-state index contributed by atoms with van der Waals surface area (Å²) < 4.78 is 1.68. The van der Waals surface area contributed by atoms with Crippen molar-refractivity contribution in [2.75, 3.05) is 5.32 Å². The Hall–Kier alpha value is -3.88. The quantitative estimate of drug-likeness (QED) is 0.399. The molecule has 0 amide bonds. The summed E-state index contributed by atoms with van der Waals surface area (Å²) in [5, 5.41) is 18.4. The molecule has 9 heteroatoms. The zero-order chi connectivity index (χ0) is 20.7. The second-order valence-electron chi connectivity index (χ2n) is 7.46. The molecule has 0 saturated heterocycles. The minimum atomic E-state index is -0.480. The summed E-state index contributed by atoms with van der Waals surface area (Å²) in [6.45, 7) is 2.07. The Labute approximate surface area is 170 Å². The highest BCUT2D eigenvalue weighted by molar-refractivity contribution is 5.58. The summed E-state index contributed by atoms with van der Waals surface area (Å²) >= 11 is 0. The van der Waals surface area contributed by atoms with E-state index in [1.54, 1.807) is 16.8 Å². The molecular formula is C21H21N7O2. The maximum absolute atomic E-state index is 11.4. The van der Waals surface area contributed by atoms with Crippen LogP contribution < -0.4 is 21.7 Å². The van der Waals surface area contributed by atoms with Crippen molar-refractivity contribution in [2.24, 2.45) is 4.99 Å². The van der Waals surface area contributed by atoms with Crippen molar-refractivity contribution in [2.45, 2.75) is 31.8 Å². The van der Waals surface area contributed by atoms with Crippen LogP contribution in [-0.2, 0) is 0 Å². The third-order valence-corrected chi connectivity index (χ3v) is 5.04. The van der Waals surface area contributed by atoms with E-state index in [1.165, 1.54) is 0 Å². The smallest absolute Gasteiger partial charge is 0.326 e. The van der Waals surface area contributed by atoms with E-state index in [0.717, 1.165) is 23.9 Å². The van der Waals surface area contributed by atoms with Crippen molar-refractivity contribution < 1.29 is 5.11 Å². The Kier molecular flexibility index (Phi) is 4.35. The normalized spacial score (nSPS) is 16.3. The zero-order valence-corrected chi connectivity index (χ0v) is 16.3. The van der Waals surface area contributed by atoms with Gasteiger partial charge in [0.05, 0.1) is 12.2 Å². The summed E-state index contributed by atoms with van der Waals surface area (Å²) in [5.41, 5.74) is 2.24. The van der Waals surface area contributed by atoms with Crippen LogP contribution in [0.4, 0.5) is 5.82 Å². The van der Waals surface area contributed by atoms with Gasteiger partial charge in [-0.1, -0.05) is 30.3 Å². The van der Waals surface area contributed by atoms with Gasteiger partial charge in [-0.3, -0.25) is 9.98 Å². The van der Waals surface area contributed by atoms with Crippen LogP contribution in [0.3, 0.4) is 0 Å². The molecule has 1 aliphatic rings. The van der Waals surface area contributed by atoms with Gasteiger partial charge in [0.2, 0.25) is 5.88 Å². The number of nitrogens with zero attached hydrogens (tertiary/aromatic N) is 4. The molecule has 9 nitrogen and oxygen atoms in total. The molecule has 3 aromatic heterocycles. The van der Waals surface area contributed by atoms with Gasteiger partial charge in [-0.25, -0.2) is 9.78 Å². The van der Waals surface area contributed by atoms with E-state index in [-0.39, 0.29) is 17.6 Å². The molecule has 1 atom stereocenters. The Balaban J connectivity index is 1.63. The van der Waals surface area contributed by atoms with E-state index in [9.17, 15) is 9.90 Å². The number of aromatic amines is 2. The molecule has 0 radical (unpaired) electrons. The van der Waals surface area contributed by atoms with Crippen molar-refractivity contribution in [1.29, 1.82) is 0 Å². The number of benzene rings is 1.